The van der Waals surface area contributed by atoms with Crippen molar-refractivity contribution in [1.29, 1.82) is 0 Å². The first kappa shape index (κ1) is 20.8. The van der Waals surface area contributed by atoms with Crippen LogP contribution in [0.2, 0.25) is 0 Å². The molecule has 4 heteroatoms. The van der Waals surface area contributed by atoms with Crippen LogP contribution in [0.1, 0.15) is 43.0 Å². The first-order valence-corrected chi connectivity index (χ1v) is 12.5. The maximum atomic E-state index is 13.1. The molecule has 0 unspecified atom stereocenters. The predicted molar refractivity (Wildman–Crippen MR) is 118 cm³/mol. The third-order valence-electron chi connectivity index (χ3n) is 4.94. The Hall–Kier alpha value is -1.96. The molecule has 0 radical (unpaired) electrons. The fourth-order valence-corrected chi connectivity index (χ4v) is 7.06. The molecule has 0 aliphatic carbocycles. The van der Waals surface area contributed by atoms with Crippen molar-refractivity contribution in [2.75, 3.05) is 0 Å². The Morgan fingerprint density at radius 3 is 1.11 bits per heavy atom. The van der Waals surface area contributed by atoms with Crippen molar-refractivity contribution in [2.45, 2.75) is 27.7 Å². The molecule has 0 amide bonds. The van der Waals surface area contributed by atoms with Gasteiger partial charge in [-0.1, -0.05) is 0 Å². The van der Waals surface area contributed by atoms with Crippen LogP contribution in [0.3, 0.4) is 0 Å². The van der Waals surface area contributed by atoms with Crippen molar-refractivity contribution in [2.24, 2.45) is 0 Å². The summed E-state index contributed by atoms with van der Waals surface area (Å²) >= 11 is -0.537. The zero-order valence-electron chi connectivity index (χ0n) is 16.4. The Balaban J connectivity index is 1.97. The molecule has 3 aromatic carbocycles. The summed E-state index contributed by atoms with van der Waals surface area (Å²) in [4.78, 5) is 26.2. The fraction of sp³-hybridized carbons (Fsp3) is 0.167. The van der Waals surface area contributed by atoms with Gasteiger partial charge in [0.2, 0.25) is 0 Å². The Morgan fingerprint density at radius 2 is 0.821 bits per heavy atom. The molecule has 3 aromatic rings. The van der Waals surface area contributed by atoms with Crippen molar-refractivity contribution < 1.29 is 9.59 Å². The number of hydrogen-bond acceptors (Lipinski definition) is 2. The van der Waals surface area contributed by atoms with Crippen LogP contribution in [0, 0.1) is 27.7 Å². The number of carbonyl (C=O) groups excluding carboxylic acids is 2. The first-order valence-electron chi connectivity index (χ1n) is 9.05. The number of rotatable bonds is 6. The van der Waals surface area contributed by atoms with Crippen molar-refractivity contribution in [3.05, 3.63) is 94.0 Å². The molecule has 0 saturated carbocycles. The summed E-state index contributed by atoms with van der Waals surface area (Å²) in [6, 6.07) is 19.8. The summed E-state index contributed by atoms with van der Waals surface area (Å²) in [5, 5.41) is 0. The molecule has 28 heavy (non-hydrogen) atoms. The van der Waals surface area contributed by atoms with Crippen molar-refractivity contribution >= 4 is 48.2 Å². The molecule has 0 saturated heterocycles. The molecule has 0 N–H and O–H groups in total. The summed E-state index contributed by atoms with van der Waals surface area (Å²) in [6.45, 7) is 7.90. The monoisotopic (exact) mass is 502 g/mol. The van der Waals surface area contributed by atoms with Crippen LogP contribution in [0.4, 0.5) is 0 Å². The Labute approximate surface area is 179 Å². The maximum absolute atomic E-state index is 13.1. The standard InChI is InChI=1S/C24H22O2Se2/c1-15-16(2)22(24(26)28-20-13-9-6-10-14-20)18(4)17(3)21(15)23(25)27-19-11-7-5-8-12-19/h5-14H,1-4H3. The zero-order valence-corrected chi connectivity index (χ0v) is 19.8. The van der Waals surface area contributed by atoms with Gasteiger partial charge in [-0.2, -0.15) is 0 Å². The van der Waals surface area contributed by atoms with E-state index < -0.39 is 0 Å². The molecule has 3 rings (SSSR count). The van der Waals surface area contributed by atoms with E-state index in [0.29, 0.717) is 0 Å². The molecule has 0 spiro atoms. The van der Waals surface area contributed by atoms with E-state index in [1.165, 1.54) is 0 Å². The van der Waals surface area contributed by atoms with Crippen molar-refractivity contribution in [1.82, 2.24) is 0 Å². The van der Waals surface area contributed by atoms with E-state index in [1.807, 2.05) is 88.4 Å². The van der Waals surface area contributed by atoms with Gasteiger partial charge in [-0.05, 0) is 0 Å². The van der Waals surface area contributed by atoms with E-state index in [0.717, 1.165) is 42.3 Å². The first-order chi connectivity index (χ1) is 13.4. The summed E-state index contributed by atoms with van der Waals surface area (Å²) in [6.07, 6.45) is 0. The molecular weight excluding hydrogens is 478 g/mol. The van der Waals surface area contributed by atoms with Gasteiger partial charge in [0, 0.05) is 0 Å². The van der Waals surface area contributed by atoms with Crippen LogP contribution in [0.5, 0.6) is 0 Å². The summed E-state index contributed by atoms with van der Waals surface area (Å²) in [7, 11) is 0. The number of benzene rings is 3. The molecule has 0 aromatic heterocycles. The predicted octanol–water partition coefficient (Wildman–Crippen LogP) is 3.26. The van der Waals surface area contributed by atoms with Gasteiger partial charge in [-0.15, -0.1) is 0 Å². The van der Waals surface area contributed by atoms with E-state index in [9.17, 15) is 9.59 Å². The van der Waals surface area contributed by atoms with Gasteiger partial charge in [0.25, 0.3) is 0 Å². The van der Waals surface area contributed by atoms with E-state index in [4.69, 9.17) is 0 Å². The Kier molecular flexibility index (Phi) is 6.69. The van der Waals surface area contributed by atoms with Gasteiger partial charge in [-0.25, -0.2) is 0 Å². The third kappa shape index (κ3) is 4.37. The van der Waals surface area contributed by atoms with Gasteiger partial charge in [0.05, 0.1) is 0 Å². The molecule has 0 heterocycles. The topological polar surface area (TPSA) is 34.1 Å². The van der Waals surface area contributed by atoms with Crippen LogP contribution in [-0.4, -0.2) is 39.3 Å². The normalized spacial score (nSPS) is 10.7. The second kappa shape index (κ2) is 9.03. The van der Waals surface area contributed by atoms with Crippen molar-refractivity contribution in [3.63, 3.8) is 0 Å². The van der Waals surface area contributed by atoms with Crippen LogP contribution in [0.15, 0.2) is 60.7 Å². The molecule has 0 bridgehead atoms. The van der Waals surface area contributed by atoms with Crippen LogP contribution in [-0.2, 0) is 0 Å². The fourth-order valence-electron chi connectivity index (χ4n) is 3.22. The summed E-state index contributed by atoms with van der Waals surface area (Å²) in [5.41, 5.74) is 5.36. The summed E-state index contributed by atoms with van der Waals surface area (Å²) in [5.74, 6) is 0. The second-order valence-electron chi connectivity index (χ2n) is 6.66. The van der Waals surface area contributed by atoms with Gasteiger partial charge < -0.3 is 0 Å². The quantitative estimate of drug-likeness (QED) is 0.488. The molecule has 142 valence electrons. The van der Waals surface area contributed by atoms with Crippen LogP contribution in [0.25, 0.3) is 0 Å². The van der Waals surface area contributed by atoms with E-state index in [1.54, 1.807) is 0 Å². The summed E-state index contributed by atoms with van der Waals surface area (Å²) < 4.78 is 2.49. The molecule has 2 nitrogen and oxygen atoms in total. The number of carbonyl (C=O) groups is 2. The average molecular weight is 500 g/mol. The number of hydrogen-bond donors (Lipinski definition) is 0. The van der Waals surface area contributed by atoms with Gasteiger partial charge in [0.1, 0.15) is 0 Å². The molecule has 0 atom stereocenters. The Bertz CT molecular complexity index is 912. The van der Waals surface area contributed by atoms with Crippen molar-refractivity contribution in [3.8, 4) is 0 Å². The van der Waals surface area contributed by atoms with E-state index >= 15 is 0 Å². The SMILES string of the molecule is Cc1c(C)c(C(=O)[Se]c2ccccc2)c(C)c(C)c1C(=O)[Se]c1ccccc1. The second-order valence-corrected chi connectivity index (χ2v) is 11.0. The average Bonchev–Trinajstić information content (AvgIpc) is 2.68. The Morgan fingerprint density at radius 1 is 0.536 bits per heavy atom. The molecule has 0 aliphatic rings. The molecule has 0 fully saturated rings. The van der Waals surface area contributed by atoms with Gasteiger partial charge in [-0.3, -0.25) is 0 Å². The molecule has 0 aliphatic heterocycles. The van der Waals surface area contributed by atoms with Gasteiger partial charge >= 0.3 is 180 Å². The molecular formula is C24H22O2Se2. The van der Waals surface area contributed by atoms with E-state index in [-0.39, 0.29) is 39.3 Å². The van der Waals surface area contributed by atoms with Crippen LogP contribution < -0.4 is 8.92 Å². The third-order valence-corrected chi connectivity index (χ3v) is 8.71. The minimum absolute atomic E-state index is 0.174. The zero-order chi connectivity index (χ0) is 20.3. The van der Waals surface area contributed by atoms with Gasteiger partial charge in [0.15, 0.2) is 0 Å². The minimum atomic E-state index is -0.269. The van der Waals surface area contributed by atoms with Crippen LogP contribution >= 0.6 is 0 Å². The van der Waals surface area contributed by atoms with E-state index in [2.05, 4.69) is 0 Å².